The van der Waals surface area contributed by atoms with E-state index in [-0.39, 0.29) is 35.9 Å². The number of fused-ring (bicyclic) bond motifs is 1. The van der Waals surface area contributed by atoms with Gasteiger partial charge in [-0.1, -0.05) is 103 Å². The molecule has 0 spiro atoms. The molecule has 0 fully saturated rings. The summed E-state index contributed by atoms with van der Waals surface area (Å²) in [6.07, 6.45) is 6.89. The first kappa shape index (κ1) is 13.6. The Balaban J connectivity index is 1.49. The lowest BCUT2D eigenvalue weighted by atomic mass is 9.96. The monoisotopic (exact) mass is 377 g/mol. The molecule has 0 heterocycles. The molecular weight excluding hydrogens is 350 g/mol. The second-order valence-corrected chi connectivity index (χ2v) is 7.15. The largest absolute Gasteiger partial charge is 0.379 e. The molecule has 1 aliphatic carbocycles. The molecule has 1 nitrogen and oxygen atoms in total. The van der Waals surface area contributed by atoms with E-state index in [4.69, 9.17) is 5.48 Å². The van der Waals surface area contributed by atoms with Crippen LogP contribution < -0.4 is 5.32 Å². The molecule has 4 aromatic rings. The van der Waals surface area contributed by atoms with Crippen molar-refractivity contribution in [3.63, 3.8) is 0 Å². The second-order valence-electron chi connectivity index (χ2n) is 7.15. The summed E-state index contributed by atoms with van der Waals surface area (Å²) in [4.78, 5) is 0. The average molecular weight is 378 g/mol. The van der Waals surface area contributed by atoms with Crippen molar-refractivity contribution in [2.75, 3.05) is 5.32 Å². The number of benzene rings is 4. The number of hydrogen-bond donors (Lipinski definition) is 1. The molecule has 1 aliphatic rings. The van der Waals surface area contributed by atoms with Gasteiger partial charge in [-0.3, -0.25) is 0 Å². The molecule has 0 radical (unpaired) electrons. The van der Waals surface area contributed by atoms with Crippen molar-refractivity contribution < 1.29 is 5.48 Å². The predicted molar refractivity (Wildman–Crippen MR) is 125 cm³/mol. The maximum absolute atomic E-state index is 8.69. The quantitative estimate of drug-likeness (QED) is 0.392. The van der Waals surface area contributed by atoms with Crippen molar-refractivity contribution in [1.82, 2.24) is 0 Å². The van der Waals surface area contributed by atoms with E-state index < -0.39 is 0 Å². The van der Waals surface area contributed by atoms with Crippen LogP contribution in [-0.4, -0.2) is 6.04 Å². The van der Waals surface area contributed by atoms with Crippen LogP contribution >= 0.6 is 0 Å². The van der Waals surface area contributed by atoms with Crippen molar-refractivity contribution in [3.8, 4) is 11.1 Å². The molecule has 1 heteroatoms. The van der Waals surface area contributed by atoms with E-state index in [1.807, 2.05) is 72.8 Å². The summed E-state index contributed by atoms with van der Waals surface area (Å²) in [6, 6.07) is 23.4. The normalized spacial score (nSPS) is 17.8. The van der Waals surface area contributed by atoms with Crippen molar-refractivity contribution >= 4 is 22.0 Å². The number of hydrogen-bond acceptors (Lipinski definition) is 1. The molecule has 140 valence electrons. The van der Waals surface area contributed by atoms with Crippen molar-refractivity contribution in [1.29, 1.82) is 0 Å². The molecule has 0 aliphatic heterocycles. The first-order valence-electron chi connectivity index (χ1n) is 11.8. The molecular formula is C28H23N. The van der Waals surface area contributed by atoms with Crippen LogP contribution in [0.4, 0.5) is 5.69 Å². The maximum Gasteiger partial charge on any atom is 0.0645 e. The van der Waals surface area contributed by atoms with Crippen LogP contribution in [0.1, 0.15) is 17.5 Å². The maximum atomic E-state index is 8.69. The van der Waals surface area contributed by atoms with Crippen LogP contribution in [0, 0.1) is 0 Å². The standard InChI is InChI=1S/C28H23N/c1-2-7-21(8-3-1)22-13-17-25(18-14-22)29-26-19-15-24(16-20-26)28-12-6-10-23-9-4-5-11-27(23)28/h1-17,19-20,25,29H,18H2/i15D,16D,19D,20D. The fourth-order valence-electron chi connectivity index (χ4n) is 3.72. The molecule has 0 aromatic heterocycles. The predicted octanol–water partition coefficient (Wildman–Crippen LogP) is 7.33. The fourth-order valence-corrected chi connectivity index (χ4v) is 3.72. The highest BCUT2D eigenvalue weighted by Gasteiger charge is 2.10. The van der Waals surface area contributed by atoms with E-state index in [9.17, 15) is 0 Å². The lowest BCUT2D eigenvalue weighted by Crippen LogP contribution is -2.17. The molecule has 0 saturated carbocycles. The summed E-state index contributed by atoms with van der Waals surface area (Å²) in [7, 11) is 0. The minimum absolute atomic E-state index is 0.0323. The summed E-state index contributed by atoms with van der Waals surface area (Å²) < 4.78 is 34.6. The van der Waals surface area contributed by atoms with Gasteiger partial charge in [0.05, 0.1) is 5.48 Å². The Bertz CT molecular complexity index is 1370. The number of rotatable bonds is 4. The fraction of sp³-hybridized carbons (Fsp3) is 0.0714. The molecule has 0 amide bonds. The van der Waals surface area contributed by atoms with Gasteiger partial charge in [-0.05, 0) is 51.5 Å². The molecule has 0 bridgehead atoms. The van der Waals surface area contributed by atoms with Gasteiger partial charge >= 0.3 is 0 Å². The zero-order valence-corrected chi connectivity index (χ0v) is 15.9. The van der Waals surface area contributed by atoms with E-state index in [0.29, 0.717) is 17.5 Å². The van der Waals surface area contributed by atoms with Gasteiger partial charge in [-0.25, -0.2) is 0 Å². The van der Waals surface area contributed by atoms with Gasteiger partial charge in [-0.2, -0.15) is 0 Å². The first-order valence-corrected chi connectivity index (χ1v) is 9.83. The summed E-state index contributed by atoms with van der Waals surface area (Å²) in [6.45, 7) is 0. The third kappa shape index (κ3) is 3.72. The van der Waals surface area contributed by atoms with Gasteiger partial charge in [0.1, 0.15) is 0 Å². The van der Waals surface area contributed by atoms with E-state index >= 15 is 0 Å². The second kappa shape index (κ2) is 7.81. The Hall–Kier alpha value is -3.58. The van der Waals surface area contributed by atoms with E-state index in [1.54, 1.807) is 0 Å². The van der Waals surface area contributed by atoms with Crippen molar-refractivity contribution in [3.05, 3.63) is 121 Å². The van der Waals surface area contributed by atoms with Crippen LogP contribution in [0.25, 0.3) is 27.5 Å². The number of anilines is 1. The van der Waals surface area contributed by atoms with Crippen LogP contribution in [-0.2, 0) is 0 Å². The number of allylic oxidation sites excluding steroid dienone is 2. The molecule has 1 N–H and O–H groups in total. The lowest BCUT2D eigenvalue weighted by Gasteiger charge is -2.19. The lowest BCUT2D eigenvalue weighted by molar-refractivity contribution is 0.886. The van der Waals surface area contributed by atoms with Gasteiger partial charge in [-0.15, -0.1) is 0 Å². The molecule has 5 rings (SSSR count). The summed E-state index contributed by atoms with van der Waals surface area (Å²) in [5, 5.41) is 5.16. The highest BCUT2D eigenvalue weighted by molar-refractivity contribution is 5.96. The van der Waals surface area contributed by atoms with Gasteiger partial charge in [0.15, 0.2) is 0 Å². The highest BCUT2D eigenvalue weighted by Crippen LogP contribution is 2.30. The van der Waals surface area contributed by atoms with Crippen molar-refractivity contribution in [2.45, 2.75) is 12.5 Å². The molecule has 1 unspecified atom stereocenters. The van der Waals surface area contributed by atoms with Gasteiger partial charge in [0, 0.05) is 11.7 Å². The minimum atomic E-state index is -0.104. The van der Waals surface area contributed by atoms with Crippen molar-refractivity contribution in [2.24, 2.45) is 0 Å². The topological polar surface area (TPSA) is 12.0 Å². The summed E-state index contributed by atoms with van der Waals surface area (Å²) >= 11 is 0. The SMILES string of the molecule is [2H]c1c([2H])c(-c2cccc3ccccc23)c([2H])c([2H])c1NC1C=CC(c2ccccc2)=CC1. The number of nitrogens with one attached hydrogen (secondary N) is 1. The Morgan fingerprint density at radius 2 is 1.52 bits per heavy atom. The van der Waals surface area contributed by atoms with Crippen LogP contribution in [0.5, 0.6) is 0 Å². The Morgan fingerprint density at radius 3 is 2.31 bits per heavy atom. The minimum Gasteiger partial charge on any atom is -0.379 e. The average Bonchev–Trinajstić information content (AvgIpc) is 2.86. The zero-order chi connectivity index (χ0) is 22.9. The summed E-state index contributed by atoms with van der Waals surface area (Å²) in [5.41, 5.74) is 3.57. The third-order valence-corrected chi connectivity index (χ3v) is 5.22. The van der Waals surface area contributed by atoms with E-state index in [2.05, 4.69) is 23.5 Å². The molecule has 29 heavy (non-hydrogen) atoms. The van der Waals surface area contributed by atoms with Crippen LogP contribution in [0.15, 0.2) is 115 Å². The Morgan fingerprint density at radius 1 is 0.759 bits per heavy atom. The summed E-state index contributed by atoms with van der Waals surface area (Å²) in [5.74, 6) is 0. The smallest absolute Gasteiger partial charge is 0.0645 e. The zero-order valence-electron chi connectivity index (χ0n) is 19.9. The van der Waals surface area contributed by atoms with Gasteiger partial charge in [0.25, 0.3) is 0 Å². The van der Waals surface area contributed by atoms with Gasteiger partial charge in [0.2, 0.25) is 0 Å². The Kier molecular flexibility index (Phi) is 3.65. The Labute approximate surface area is 177 Å². The van der Waals surface area contributed by atoms with E-state index in [1.165, 1.54) is 0 Å². The van der Waals surface area contributed by atoms with Crippen LogP contribution in [0.2, 0.25) is 0 Å². The highest BCUT2D eigenvalue weighted by atomic mass is 14.9. The molecule has 4 aromatic carbocycles. The molecule has 1 atom stereocenters. The van der Waals surface area contributed by atoms with Crippen LogP contribution in [0.3, 0.4) is 0 Å². The third-order valence-electron chi connectivity index (χ3n) is 5.22. The van der Waals surface area contributed by atoms with Gasteiger partial charge < -0.3 is 5.32 Å². The first-order chi connectivity index (χ1) is 16.0. The van der Waals surface area contributed by atoms with E-state index in [0.717, 1.165) is 21.9 Å². The molecule has 0 saturated heterocycles.